The van der Waals surface area contributed by atoms with Crippen molar-refractivity contribution in [2.24, 2.45) is 7.05 Å². The van der Waals surface area contributed by atoms with E-state index in [1.807, 2.05) is 12.1 Å². The number of aromatic nitrogens is 4. The van der Waals surface area contributed by atoms with Crippen LogP contribution in [0.5, 0.6) is 0 Å². The van der Waals surface area contributed by atoms with Gasteiger partial charge in [0, 0.05) is 20.1 Å². The number of hydrogen-bond acceptors (Lipinski definition) is 5. The van der Waals surface area contributed by atoms with Crippen LogP contribution in [-0.2, 0) is 31.5 Å². The van der Waals surface area contributed by atoms with E-state index in [1.54, 1.807) is 11.7 Å². The van der Waals surface area contributed by atoms with Crippen molar-refractivity contribution < 1.29 is 4.79 Å². The molecule has 30 heavy (non-hydrogen) atoms. The Morgan fingerprint density at radius 3 is 2.70 bits per heavy atom. The number of hydrogen-bond donors (Lipinski definition) is 1. The normalized spacial score (nSPS) is 15.2. The van der Waals surface area contributed by atoms with Crippen molar-refractivity contribution >= 4 is 16.9 Å². The zero-order valence-corrected chi connectivity index (χ0v) is 17.4. The Morgan fingerprint density at radius 1 is 1.13 bits per heavy atom. The maximum atomic E-state index is 12.5. The number of aryl methyl sites for hydroxylation is 1. The van der Waals surface area contributed by atoms with Crippen LogP contribution >= 0.6 is 0 Å². The number of amides is 1. The number of benzene rings is 1. The molecule has 0 spiro atoms. The summed E-state index contributed by atoms with van der Waals surface area (Å²) in [5.41, 5.74) is 2.58. The SMILES string of the molecule is Cn1ncc2c(=O)n(CC(=O)NCc3cccc(CN4CCCCCC4)c3)cnc21. The van der Waals surface area contributed by atoms with Gasteiger partial charge in [-0.2, -0.15) is 5.10 Å². The monoisotopic (exact) mass is 408 g/mol. The van der Waals surface area contributed by atoms with Gasteiger partial charge in [0.2, 0.25) is 5.91 Å². The van der Waals surface area contributed by atoms with Crippen molar-refractivity contribution in [1.82, 2.24) is 29.5 Å². The third-order valence-corrected chi connectivity index (χ3v) is 5.62. The lowest BCUT2D eigenvalue weighted by molar-refractivity contribution is -0.121. The molecule has 1 aliphatic heterocycles. The highest BCUT2D eigenvalue weighted by Crippen LogP contribution is 2.14. The molecule has 2 aromatic heterocycles. The fourth-order valence-corrected chi connectivity index (χ4v) is 3.98. The van der Waals surface area contributed by atoms with E-state index in [2.05, 4.69) is 32.4 Å². The molecule has 1 fully saturated rings. The van der Waals surface area contributed by atoms with Crippen LogP contribution in [0.1, 0.15) is 36.8 Å². The molecule has 1 N–H and O–H groups in total. The molecule has 8 heteroatoms. The summed E-state index contributed by atoms with van der Waals surface area (Å²) in [5, 5.41) is 7.36. The number of nitrogens with zero attached hydrogens (tertiary/aromatic N) is 5. The predicted octanol–water partition coefficient (Wildman–Crippen LogP) is 1.82. The number of carbonyl (C=O) groups is 1. The van der Waals surface area contributed by atoms with Crippen LogP contribution in [0.15, 0.2) is 41.6 Å². The van der Waals surface area contributed by atoms with Gasteiger partial charge in [0.15, 0.2) is 5.65 Å². The largest absolute Gasteiger partial charge is 0.350 e. The second-order valence-corrected chi connectivity index (χ2v) is 7.97. The van der Waals surface area contributed by atoms with E-state index >= 15 is 0 Å². The Bertz CT molecular complexity index is 1080. The second-order valence-electron chi connectivity index (χ2n) is 7.97. The first kappa shape index (κ1) is 20.3. The molecule has 1 amide bonds. The molecule has 4 rings (SSSR count). The number of nitrogens with one attached hydrogen (secondary N) is 1. The van der Waals surface area contributed by atoms with Crippen molar-refractivity contribution in [2.75, 3.05) is 13.1 Å². The van der Waals surface area contributed by atoms with Gasteiger partial charge in [0.25, 0.3) is 5.56 Å². The standard InChI is InChI=1S/C22H28N6O2/c1-26-21-19(13-25-26)22(30)28(16-24-21)15-20(29)23-12-17-7-6-8-18(11-17)14-27-9-4-2-3-5-10-27/h6-8,11,13,16H,2-5,9-10,12,14-15H2,1H3,(H,23,29). The minimum Gasteiger partial charge on any atom is -0.350 e. The topological polar surface area (TPSA) is 85.0 Å². The summed E-state index contributed by atoms with van der Waals surface area (Å²) in [6.07, 6.45) is 8.08. The number of likely N-dealkylation sites (tertiary alicyclic amines) is 1. The molecule has 158 valence electrons. The fraction of sp³-hybridized carbons (Fsp3) is 0.455. The molecule has 0 saturated carbocycles. The van der Waals surface area contributed by atoms with Gasteiger partial charge in [0.05, 0.1) is 6.20 Å². The highest BCUT2D eigenvalue weighted by atomic mass is 16.2. The minimum absolute atomic E-state index is 0.0653. The van der Waals surface area contributed by atoms with E-state index in [0.29, 0.717) is 17.6 Å². The molecule has 0 atom stereocenters. The van der Waals surface area contributed by atoms with E-state index in [0.717, 1.165) is 25.2 Å². The summed E-state index contributed by atoms with van der Waals surface area (Å²) in [4.78, 5) is 31.6. The van der Waals surface area contributed by atoms with Gasteiger partial charge >= 0.3 is 0 Å². The molecule has 0 unspecified atom stereocenters. The predicted molar refractivity (Wildman–Crippen MR) is 115 cm³/mol. The fourth-order valence-electron chi connectivity index (χ4n) is 3.98. The molecule has 0 aliphatic carbocycles. The Labute approximate surface area is 175 Å². The molecule has 0 bridgehead atoms. The maximum Gasteiger partial charge on any atom is 0.264 e. The van der Waals surface area contributed by atoms with Gasteiger partial charge in [0.1, 0.15) is 18.3 Å². The highest BCUT2D eigenvalue weighted by molar-refractivity contribution is 5.77. The summed E-state index contributed by atoms with van der Waals surface area (Å²) in [7, 11) is 1.73. The van der Waals surface area contributed by atoms with Crippen LogP contribution in [0.2, 0.25) is 0 Å². The second kappa shape index (κ2) is 9.21. The Morgan fingerprint density at radius 2 is 1.90 bits per heavy atom. The van der Waals surface area contributed by atoms with E-state index < -0.39 is 0 Å². The molecule has 1 aliphatic rings. The first-order valence-electron chi connectivity index (χ1n) is 10.5. The summed E-state index contributed by atoms with van der Waals surface area (Å²) >= 11 is 0. The van der Waals surface area contributed by atoms with Crippen molar-refractivity contribution in [1.29, 1.82) is 0 Å². The summed E-state index contributed by atoms with van der Waals surface area (Å²) < 4.78 is 2.86. The third kappa shape index (κ3) is 4.76. The average Bonchev–Trinajstić information content (AvgIpc) is 2.94. The zero-order chi connectivity index (χ0) is 20.9. The summed E-state index contributed by atoms with van der Waals surface area (Å²) in [6, 6.07) is 8.35. The Balaban J connectivity index is 1.35. The van der Waals surface area contributed by atoms with Crippen LogP contribution in [0.25, 0.3) is 11.0 Å². The Kier molecular flexibility index (Phi) is 6.23. The molecule has 3 aromatic rings. The smallest absolute Gasteiger partial charge is 0.264 e. The lowest BCUT2D eigenvalue weighted by Crippen LogP contribution is -2.32. The van der Waals surface area contributed by atoms with E-state index in [4.69, 9.17) is 0 Å². The quantitative estimate of drug-likeness (QED) is 0.673. The molecular formula is C22H28N6O2. The van der Waals surface area contributed by atoms with Gasteiger partial charge in [-0.3, -0.25) is 23.7 Å². The van der Waals surface area contributed by atoms with Crippen molar-refractivity contribution in [2.45, 2.75) is 45.3 Å². The van der Waals surface area contributed by atoms with E-state index in [-0.39, 0.29) is 18.0 Å². The first-order valence-corrected chi connectivity index (χ1v) is 10.5. The van der Waals surface area contributed by atoms with E-state index in [1.165, 1.54) is 48.3 Å². The minimum atomic E-state index is -0.261. The number of rotatable bonds is 6. The van der Waals surface area contributed by atoms with Gasteiger partial charge in [-0.05, 0) is 37.1 Å². The lowest BCUT2D eigenvalue weighted by atomic mass is 10.1. The van der Waals surface area contributed by atoms with Crippen LogP contribution in [-0.4, -0.2) is 43.2 Å². The molecular weight excluding hydrogens is 380 g/mol. The Hall–Kier alpha value is -3.00. The van der Waals surface area contributed by atoms with Crippen molar-refractivity contribution in [3.8, 4) is 0 Å². The van der Waals surface area contributed by atoms with Gasteiger partial charge < -0.3 is 5.32 Å². The van der Waals surface area contributed by atoms with Crippen molar-refractivity contribution in [3.63, 3.8) is 0 Å². The number of carbonyl (C=O) groups excluding carboxylic acids is 1. The van der Waals surface area contributed by atoms with Crippen molar-refractivity contribution in [3.05, 3.63) is 58.3 Å². The molecule has 8 nitrogen and oxygen atoms in total. The lowest BCUT2D eigenvalue weighted by Gasteiger charge is -2.20. The average molecular weight is 409 g/mol. The molecule has 1 aromatic carbocycles. The van der Waals surface area contributed by atoms with Crippen LogP contribution in [0, 0.1) is 0 Å². The first-order chi connectivity index (χ1) is 14.6. The van der Waals surface area contributed by atoms with Crippen LogP contribution < -0.4 is 10.9 Å². The maximum absolute atomic E-state index is 12.5. The van der Waals surface area contributed by atoms with Gasteiger partial charge in [-0.15, -0.1) is 0 Å². The summed E-state index contributed by atoms with van der Waals surface area (Å²) in [5.74, 6) is -0.222. The van der Waals surface area contributed by atoms with Crippen LogP contribution in [0.3, 0.4) is 0 Å². The highest BCUT2D eigenvalue weighted by Gasteiger charge is 2.12. The van der Waals surface area contributed by atoms with Gasteiger partial charge in [-0.1, -0.05) is 37.1 Å². The third-order valence-electron chi connectivity index (χ3n) is 5.62. The molecule has 1 saturated heterocycles. The molecule has 3 heterocycles. The zero-order valence-electron chi connectivity index (χ0n) is 17.4. The van der Waals surface area contributed by atoms with E-state index in [9.17, 15) is 9.59 Å². The summed E-state index contributed by atoms with van der Waals surface area (Å²) in [6.45, 7) is 3.64. The molecule has 0 radical (unpaired) electrons. The van der Waals surface area contributed by atoms with Crippen LogP contribution in [0.4, 0.5) is 0 Å². The van der Waals surface area contributed by atoms with Gasteiger partial charge in [-0.25, -0.2) is 4.98 Å². The number of fused-ring (bicyclic) bond motifs is 1.